The molecule has 0 fully saturated rings. The summed E-state index contributed by atoms with van der Waals surface area (Å²) in [4.78, 5) is 28.4. The average Bonchev–Trinajstić information content (AvgIpc) is 3.53. The summed E-state index contributed by atoms with van der Waals surface area (Å²) < 4.78 is 13.1. The molecule has 0 aliphatic carbocycles. The molecule has 8 nitrogen and oxygen atoms in total. The van der Waals surface area contributed by atoms with E-state index in [4.69, 9.17) is 14.6 Å². The lowest BCUT2D eigenvalue weighted by Crippen LogP contribution is -2.42. The summed E-state index contributed by atoms with van der Waals surface area (Å²) in [5.41, 5.74) is 6.20. The largest absolute Gasteiger partial charge is 0.497 e. The van der Waals surface area contributed by atoms with E-state index in [1.807, 2.05) is 98.1 Å². The van der Waals surface area contributed by atoms with Crippen molar-refractivity contribution >= 4 is 17.9 Å². The number of aryl methyl sites for hydroxylation is 1. The highest BCUT2D eigenvalue weighted by Gasteiger charge is 2.35. The molecule has 8 heteroatoms. The molecule has 0 unspecified atom stereocenters. The van der Waals surface area contributed by atoms with E-state index in [1.165, 1.54) is 0 Å². The van der Waals surface area contributed by atoms with Gasteiger partial charge in [0.2, 0.25) is 0 Å². The normalized spacial score (nSPS) is 14.0. The Balaban J connectivity index is 1.40. The zero-order valence-corrected chi connectivity index (χ0v) is 26.3. The molecule has 0 radical (unpaired) electrons. The Kier molecular flexibility index (Phi) is 8.80. The molecule has 2 heterocycles. The fourth-order valence-corrected chi connectivity index (χ4v) is 5.47. The quantitative estimate of drug-likeness (QED) is 0.127. The van der Waals surface area contributed by atoms with Gasteiger partial charge in [0.15, 0.2) is 0 Å². The van der Waals surface area contributed by atoms with Crippen LogP contribution in [0.15, 0.2) is 126 Å². The van der Waals surface area contributed by atoms with Gasteiger partial charge in [-0.2, -0.15) is 10.4 Å². The number of rotatable bonds is 9. The lowest BCUT2D eigenvalue weighted by molar-refractivity contribution is -0.141. The van der Waals surface area contributed by atoms with Gasteiger partial charge in [-0.1, -0.05) is 60.7 Å². The fourth-order valence-electron chi connectivity index (χ4n) is 5.47. The Labute approximate surface area is 273 Å². The van der Waals surface area contributed by atoms with E-state index in [1.54, 1.807) is 49.1 Å². The van der Waals surface area contributed by atoms with Crippen molar-refractivity contribution in [1.82, 2.24) is 14.7 Å². The maximum absolute atomic E-state index is 14.0. The summed E-state index contributed by atoms with van der Waals surface area (Å²) in [6.45, 7) is 4.07. The van der Waals surface area contributed by atoms with E-state index in [0.29, 0.717) is 29.2 Å². The smallest absolute Gasteiger partial charge is 0.271 e. The lowest BCUT2D eigenvalue weighted by atomic mass is 9.93. The first-order valence-electron chi connectivity index (χ1n) is 15.1. The first kappa shape index (κ1) is 30.8. The first-order valence-corrected chi connectivity index (χ1v) is 15.1. The molecular weight excluding hydrogens is 588 g/mol. The Morgan fingerprint density at radius 2 is 1.55 bits per heavy atom. The van der Waals surface area contributed by atoms with E-state index in [2.05, 4.69) is 0 Å². The van der Waals surface area contributed by atoms with Crippen LogP contribution in [0.2, 0.25) is 0 Å². The van der Waals surface area contributed by atoms with Gasteiger partial charge in [-0.05, 0) is 84.7 Å². The van der Waals surface area contributed by atoms with Crippen molar-refractivity contribution in [2.75, 3.05) is 7.11 Å². The third-order valence-corrected chi connectivity index (χ3v) is 8.07. The number of aromatic nitrogens is 2. The van der Waals surface area contributed by atoms with Crippen LogP contribution in [0.5, 0.6) is 11.5 Å². The molecule has 47 heavy (non-hydrogen) atoms. The van der Waals surface area contributed by atoms with Crippen LogP contribution in [0.4, 0.5) is 0 Å². The van der Waals surface area contributed by atoms with Crippen LogP contribution in [-0.4, -0.2) is 33.6 Å². The molecule has 2 amide bonds. The summed E-state index contributed by atoms with van der Waals surface area (Å²) in [5, 5.41) is 14.9. The number of para-hydroxylation sites is 1. The maximum atomic E-state index is 14.0. The second-order valence-electron chi connectivity index (χ2n) is 11.2. The van der Waals surface area contributed by atoms with Crippen LogP contribution in [0.3, 0.4) is 0 Å². The van der Waals surface area contributed by atoms with Gasteiger partial charge < -0.3 is 9.47 Å². The predicted octanol–water partition coefficient (Wildman–Crippen LogP) is 7.23. The van der Waals surface area contributed by atoms with Gasteiger partial charge in [0.05, 0.1) is 25.0 Å². The van der Waals surface area contributed by atoms with E-state index in [9.17, 15) is 14.9 Å². The number of imide groups is 1. The molecule has 0 spiro atoms. The minimum absolute atomic E-state index is 0.0111. The number of carbonyl (C=O) groups is 2. The topological polar surface area (TPSA) is 97.5 Å². The van der Waals surface area contributed by atoms with Gasteiger partial charge in [-0.15, -0.1) is 0 Å². The predicted molar refractivity (Wildman–Crippen MR) is 179 cm³/mol. The van der Waals surface area contributed by atoms with Crippen LogP contribution < -0.4 is 9.47 Å². The highest BCUT2D eigenvalue weighted by molar-refractivity contribution is 6.19. The Morgan fingerprint density at radius 3 is 2.21 bits per heavy atom. The minimum Gasteiger partial charge on any atom is -0.497 e. The molecule has 1 aliphatic heterocycles. The van der Waals surface area contributed by atoms with E-state index >= 15 is 0 Å². The van der Waals surface area contributed by atoms with Gasteiger partial charge in [-0.25, -0.2) is 4.68 Å². The van der Waals surface area contributed by atoms with Crippen molar-refractivity contribution < 1.29 is 19.1 Å². The standard InChI is InChI=1S/C39H32N4O4/c1-26-20-30(16-19-36(26)47-25-29-10-6-4-7-11-29)37-31(24-43(41-37)32-12-8-5-9-13-32)21-34-27(2)35(22-40)39(45)42(38(34)44)23-28-14-17-33(46-3)18-15-28/h4-21,24H,23,25H2,1-3H3/b34-21+. The molecule has 5 aromatic rings. The third kappa shape index (κ3) is 6.46. The van der Waals surface area contributed by atoms with Crippen molar-refractivity contribution in [3.63, 3.8) is 0 Å². The fraction of sp³-hybridized carbons (Fsp3) is 0.128. The van der Waals surface area contributed by atoms with Gasteiger partial charge in [0.25, 0.3) is 11.8 Å². The van der Waals surface area contributed by atoms with Crippen molar-refractivity contribution in [3.05, 3.63) is 148 Å². The zero-order chi connectivity index (χ0) is 32.9. The number of hydrogen-bond donors (Lipinski definition) is 0. The Hall–Kier alpha value is -6.20. The van der Waals surface area contributed by atoms with Crippen LogP contribution in [0.25, 0.3) is 23.0 Å². The highest BCUT2D eigenvalue weighted by atomic mass is 16.5. The molecule has 0 bridgehead atoms. The average molecular weight is 621 g/mol. The third-order valence-electron chi connectivity index (χ3n) is 8.07. The van der Waals surface area contributed by atoms with Crippen LogP contribution in [-0.2, 0) is 22.7 Å². The van der Waals surface area contributed by atoms with Crippen molar-refractivity contribution in [3.8, 4) is 34.5 Å². The van der Waals surface area contributed by atoms with Crippen LogP contribution >= 0.6 is 0 Å². The molecule has 1 aromatic heterocycles. The number of benzene rings is 4. The van der Waals surface area contributed by atoms with Gasteiger partial charge in [0, 0.05) is 22.9 Å². The Bertz CT molecular complexity index is 2050. The lowest BCUT2D eigenvalue weighted by Gasteiger charge is -2.27. The molecule has 0 saturated carbocycles. The van der Waals surface area contributed by atoms with E-state index in [-0.39, 0.29) is 17.7 Å². The summed E-state index contributed by atoms with van der Waals surface area (Å²) in [6.07, 6.45) is 3.57. The van der Waals surface area contributed by atoms with Gasteiger partial charge in [0.1, 0.15) is 29.7 Å². The van der Waals surface area contributed by atoms with Crippen LogP contribution in [0, 0.1) is 18.3 Å². The Morgan fingerprint density at radius 1 is 0.851 bits per heavy atom. The summed E-state index contributed by atoms with van der Waals surface area (Å²) in [6, 6.07) is 34.7. The minimum atomic E-state index is -0.620. The number of ether oxygens (including phenoxy) is 2. The number of nitrogens with zero attached hydrogens (tertiary/aromatic N) is 4. The van der Waals surface area contributed by atoms with Gasteiger partial charge in [-0.3, -0.25) is 14.5 Å². The zero-order valence-electron chi connectivity index (χ0n) is 26.3. The van der Waals surface area contributed by atoms with Crippen LogP contribution in [0.1, 0.15) is 29.2 Å². The van der Waals surface area contributed by atoms with Gasteiger partial charge >= 0.3 is 0 Å². The molecule has 6 rings (SSSR count). The second-order valence-corrected chi connectivity index (χ2v) is 11.2. The van der Waals surface area contributed by atoms with Crippen molar-refractivity contribution in [1.29, 1.82) is 5.26 Å². The number of amides is 2. The summed E-state index contributed by atoms with van der Waals surface area (Å²) in [5.74, 6) is 0.312. The summed E-state index contributed by atoms with van der Waals surface area (Å²) >= 11 is 0. The molecule has 1 aliphatic rings. The number of hydrogen-bond acceptors (Lipinski definition) is 6. The summed E-state index contributed by atoms with van der Waals surface area (Å²) in [7, 11) is 1.57. The van der Waals surface area contributed by atoms with Crippen molar-refractivity contribution in [2.45, 2.75) is 27.0 Å². The number of methoxy groups -OCH3 is 1. The SMILES string of the molecule is COc1ccc(CN2C(=O)C(C#N)=C(C)/C(=C\c3cn(-c4ccccc4)nc3-c3ccc(OCc4ccccc4)c(C)c3)C2=O)cc1. The molecule has 232 valence electrons. The monoisotopic (exact) mass is 620 g/mol. The molecule has 0 saturated heterocycles. The van der Waals surface area contributed by atoms with Crippen molar-refractivity contribution in [2.24, 2.45) is 0 Å². The van der Waals surface area contributed by atoms with E-state index < -0.39 is 11.8 Å². The van der Waals surface area contributed by atoms with E-state index in [0.717, 1.165) is 38.6 Å². The molecule has 0 atom stereocenters. The molecule has 4 aromatic carbocycles. The first-order chi connectivity index (χ1) is 22.9. The molecule has 0 N–H and O–H groups in total. The second kappa shape index (κ2) is 13.4. The number of carbonyl (C=O) groups excluding carboxylic acids is 2. The number of nitriles is 1. The molecular formula is C39H32N4O4. The highest BCUT2D eigenvalue weighted by Crippen LogP contribution is 2.33. The maximum Gasteiger partial charge on any atom is 0.271 e.